The first kappa shape index (κ1) is 27.5. The molecule has 12 heteroatoms. The topological polar surface area (TPSA) is 86.8 Å². The highest BCUT2D eigenvalue weighted by Gasteiger charge is 2.34. The third-order valence-corrected chi connectivity index (χ3v) is 6.55. The quantitative estimate of drug-likeness (QED) is 0.577. The zero-order valence-corrected chi connectivity index (χ0v) is 20.6. The molecule has 2 aromatic rings. The van der Waals surface area contributed by atoms with Crippen molar-refractivity contribution in [1.29, 1.82) is 0 Å². The summed E-state index contributed by atoms with van der Waals surface area (Å²) in [7, 11) is -2.84. The molecule has 0 aliphatic carbocycles. The molecule has 0 bridgehead atoms. The highest BCUT2D eigenvalue weighted by Crippen LogP contribution is 2.36. The summed E-state index contributed by atoms with van der Waals surface area (Å²) in [5.74, 6) is -1.29. The van der Waals surface area contributed by atoms with Crippen LogP contribution in [0.3, 0.4) is 0 Å². The van der Waals surface area contributed by atoms with Crippen LogP contribution in [0.15, 0.2) is 42.5 Å². The van der Waals surface area contributed by atoms with Gasteiger partial charge in [-0.1, -0.05) is 41.4 Å². The van der Waals surface area contributed by atoms with Crippen molar-refractivity contribution >= 4 is 39.1 Å². The number of sulfonamides is 1. The number of likely N-dealkylation sites (N-methyl/N-ethyl adjacent to an activating group) is 1. The van der Waals surface area contributed by atoms with Crippen molar-refractivity contribution in [2.24, 2.45) is 0 Å². The fraction of sp³-hybridized carbons (Fsp3) is 0.364. The number of rotatable bonds is 8. The van der Waals surface area contributed by atoms with Gasteiger partial charge in [0.25, 0.3) is 0 Å². The Hall–Kier alpha value is -2.79. The first-order valence-electron chi connectivity index (χ1n) is 10.1. The second-order valence-corrected chi connectivity index (χ2v) is 10.0. The standard InChI is InChI=1S/C22H25ClF3N3O4S/c1-14-5-7-16(8-6-14)12-28(15(2)21(31)27-3)20(30)13-29(34(4,32)33)19-11-17(22(24,25)26)9-10-18(19)23/h5-11,15H,12-13H2,1-4H3,(H,27,31)/t15-/m1/s1. The highest BCUT2D eigenvalue weighted by molar-refractivity contribution is 7.92. The Balaban J connectivity index is 2.48. The molecular formula is C22H25ClF3N3O4S. The average molecular weight is 520 g/mol. The largest absolute Gasteiger partial charge is 0.416 e. The van der Waals surface area contributed by atoms with Crippen LogP contribution in [0.2, 0.25) is 5.02 Å². The predicted octanol–water partition coefficient (Wildman–Crippen LogP) is 3.60. The van der Waals surface area contributed by atoms with Gasteiger partial charge in [0, 0.05) is 13.6 Å². The van der Waals surface area contributed by atoms with E-state index in [1.807, 2.05) is 19.1 Å². The van der Waals surface area contributed by atoms with E-state index in [4.69, 9.17) is 11.6 Å². The lowest BCUT2D eigenvalue weighted by Gasteiger charge is -2.31. The SMILES string of the molecule is CNC(=O)[C@@H](C)N(Cc1ccc(C)cc1)C(=O)CN(c1cc(C(F)(F)F)ccc1Cl)S(C)(=O)=O. The molecule has 0 saturated heterocycles. The average Bonchev–Trinajstić information content (AvgIpc) is 2.74. The van der Waals surface area contributed by atoms with Crippen LogP contribution in [0.5, 0.6) is 0 Å². The van der Waals surface area contributed by atoms with Crippen LogP contribution in [-0.4, -0.2) is 51.0 Å². The molecule has 2 amide bonds. The number of nitrogens with zero attached hydrogens (tertiary/aromatic N) is 2. The van der Waals surface area contributed by atoms with Crippen molar-refractivity contribution in [3.05, 3.63) is 64.2 Å². The number of carbonyl (C=O) groups is 2. The van der Waals surface area contributed by atoms with Crippen LogP contribution in [0.1, 0.15) is 23.6 Å². The molecule has 2 aromatic carbocycles. The van der Waals surface area contributed by atoms with E-state index in [1.54, 1.807) is 12.1 Å². The third-order valence-electron chi connectivity index (χ3n) is 5.11. The summed E-state index contributed by atoms with van der Waals surface area (Å²) in [4.78, 5) is 26.7. The minimum atomic E-state index is -4.75. The number of hydrogen-bond acceptors (Lipinski definition) is 4. The number of carbonyl (C=O) groups excluding carboxylic acids is 2. The van der Waals surface area contributed by atoms with Gasteiger partial charge in [-0.15, -0.1) is 0 Å². The van der Waals surface area contributed by atoms with E-state index < -0.39 is 51.9 Å². The number of halogens is 4. The molecule has 2 rings (SSSR count). The van der Waals surface area contributed by atoms with Crippen LogP contribution >= 0.6 is 11.6 Å². The van der Waals surface area contributed by atoms with Crippen LogP contribution in [-0.2, 0) is 32.3 Å². The van der Waals surface area contributed by atoms with Gasteiger partial charge in [-0.2, -0.15) is 13.2 Å². The number of nitrogens with one attached hydrogen (secondary N) is 1. The zero-order valence-electron chi connectivity index (χ0n) is 19.0. The smallest absolute Gasteiger partial charge is 0.357 e. The fourth-order valence-corrected chi connectivity index (χ4v) is 4.28. The molecule has 0 aliphatic rings. The first-order valence-corrected chi connectivity index (χ1v) is 12.3. The molecule has 186 valence electrons. The summed E-state index contributed by atoms with van der Waals surface area (Å²) >= 11 is 6.03. The van der Waals surface area contributed by atoms with Gasteiger partial charge < -0.3 is 10.2 Å². The van der Waals surface area contributed by atoms with Gasteiger partial charge in [-0.25, -0.2) is 8.42 Å². The molecule has 0 heterocycles. The van der Waals surface area contributed by atoms with Crippen molar-refractivity contribution in [3.63, 3.8) is 0 Å². The van der Waals surface area contributed by atoms with E-state index in [-0.39, 0.29) is 11.6 Å². The Kier molecular flexibility index (Phi) is 8.59. The number of aryl methyl sites for hydroxylation is 1. The summed E-state index contributed by atoms with van der Waals surface area (Å²) in [6, 6.07) is 8.35. The molecule has 0 spiro atoms. The Labute approximate surface area is 201 Å². The number of benzene rings is 2. The zero-order chi connectivity index (χ0) is 25.8. The van der Waals surface area contributed by atoms with Crippen LogP contribution in [0.4, 0.5) is 18.9 Å². The Bertz CT molecular complexity index is 1150. The van der Waals surface area contributed by atoms with Crippen molar-refractivity contribution in [2.45, 2.75) is 32.6 Å². The van der Waals surface area contributed by atoms with Gasteiger partial charge in [0.05, 0.1) is 22.5 Å². The van der Waals surface area contributed by atoms with E-state index in [1.165, 1.54) is 14.0 Å². The second-order valence-electron chi connectivity index (χ2n) is 7.73. The number of hydrogen-bond donors (Lipinski definition) is 1. The maximum Gasteiger partial charge on any atom is 0.416 e. The van der Waals surface area contributed by atoms with Crippen LogP contribution < -0.4 is 9.62 Å². The number of anilines is 1. The molecule has 0 fully saturated rings. The molecule has 7 nitrogen and oxygen atoms in total. The van der Waals surface area contributed by atoms with Crippen molar-refractivity contribution in [2.75, 3.05) is 24.2 Å². The molecular weight excluding hydrogens is 495 g/mol. The van der Waals surface area contributed by atoms with Gasteiger partial charge in [0.2, 0.25) is 21.8 Å². The summed E-state index contributed by atoms with van der Waals surface area (Å²) in [5, 5.41) is 2.15. The Morgan fingerprint density at radius 1 is 1.12 bits per heavy atom. The van der Waals surface area contributed by atoms with Crippen molar-refractivity contribution in [1.82, 2.24) is 10.2 Å². The van der Waals surface area contributed by atoms with Crippen molar-refractivity contribution in [3.8, 4) is 0 Å². The molecule has 0 aromatic heterocycles. The molecule has 34 heavy (non-hydrogen) atoms. The van der Waals surface area contributed by atoms with E-state index in [9.17, 15) is 31.2 Å². The number of amides is 2. The van der Waals surface area contributed by atoms with Gasteiger partial charge in [0.1, 0.15) is 12.6 Å². The highest BCUT2D eigenvalue weighted by atomic mass is 35.5. The summed E-state index contributed by atoms with van der Waals surface area (Å²) in [5.41, 5.74) is 0.0413. The normalized spacial score (nSPS) is 12.7. The molecule has 0 radical (unpaired) electrons. The molecule has 0 unspecified atom stereocenters. The van der Waals surface area contributed by atoms with Gasteiger partial charge in [-0.3, -0.25) is 13.9 Å². The minimum Gasteiger partial charge on any atom is -0.357 e. The lowest BCUT2D eigenvalue weighted by atomic mass is 10.1. The lowest BCUT2D eigenvalue weighted by Crippen LogP contribution is -2.50. The maximum atomic E-state index is 13.3. The van der Waals surface area contributed by atoms with E-state index in [2.05, 4.69) is 5.32 Å². The summed E-state index contributed by atoms with van der Waals surface area (Å²) in [6.07, 6.45) is -4.00. The Morgan fingerprint density at radius 3 is 2.21 bits per heavy atom. The van der Waals surface area contributed by atoms with Gasteiger partial charge in [-0.05, 0) is 37.6 Å². The first-order chi connectivity index (χ1) is 15.6. The number of alkyl halides is 3. The van der Waals surface area contributed by atoms with Gasteiger partial charge in [0.15, 0.2) is 0 Å². The minimum absolute atomic E-state index is 0.0262. The van der Waals surface area contributed by atoms with Crippen LogP contribution in [0.25, 0.3) is 0 Å². The molecule has 0 aliphatic heterocycles. The summed E-state index contributed by atoms with van der Waals surface area (Å²) in [6.45, 7) is 2.46. The van der Waals surface area contributed by atoms with E-state index in [0.717, 1.165) is 22.8 Å². The maximum absolute atomic E-state index is 13.3. The van der Waals surface area contributed by atoms with Gasteiger partial charge >= 0.3 is 6.18 Å². The molecule has 1 N–H and O–H groups in total. The molecule has 0 saturated carbocycles. The van der Waals surface area contributed by atoms with E-state index in [0.29, 0.717) is 22.0 Å². The van der Waals surface area contributed by atoms with Crippen molar-refractivity contribution < 1.29 is 31.2 Å². The fourth-order valence-electron chi connectivity index (χ4n) is 3.16. The van der Waals surface area contributed by atoms with Crippen LogP contribution in [0, 0.1) is 6.92 Å². The Morgan fingerprint density at radius 2 is 1.71 bits per heavy atom. The third kappa shape index (κ3) is 6.86. The lowest BCUT2D eigenvalue weighted by molar-refractivity contribution is -0.139. The predicted molar refractivity (Wildman–Crippen MR) is 124 cm³/mol. The summed E-state index contributed by atoms with van der Waals surface area (Å²) < 4.78 is 65.2. The monoisotopic (exact) mass is 519 g/mol. The van der Waals surface area contributed by atoms with E-state index >= 15 is 0 Å². The molecule has 1 atom stereocenters. The second kappa shape index (κ2) is 10.6.